The number of aromatic nitrogens is 3. The van der Waals surface area contributed by atoms with Gasteiger partial charge in [-0.15, -0.1) is 0 Å². The van der Waals surface area contributed by atoms with Crippen LogP contribution in [0.2, 0.25) is 0 Å². The number of hydrogen-bond donors (Lipinski definition) is 2. The van der Waals surface area contributed by atoms with Crippen LogP contribution >= 0.6 is 11.8 Å². The summed E-state index contributed by atoms with van der Waals surface area (Å²) in [6.45, 7) is 1.51. The third-order valence-corrected chi connectivity index (χ3v) is 3.42. The van der Waals surface area contributed by atoms with Crippen LogP contribution in [0.5, 0.6) is 0 Å². The second kappa shape index (κ2) is 3.65. The van der Waals surface area contributed by atoms with Gasteiger partial charge < -0.3 is 10.4 Å². The van der Waals surface area contributed by atoms with Crippen LogP contribution in [0.4, 0.5) is 0 Å². The van der Waals surface area contributed by atoms with Gasteiger partial charge in [0.05, 0.1) is 11.4 Å². The molecule has 5 nitrogen and oxygen atoms in total. The molecule has 1 aromatic rings. The zero-order valence-corrected chi connectivity index (χ0v) is 8.16. The van der Waals surface area contributed by atoms with Crippen LogP contribution < -0.4 is 5.32 Å². The normalized spacial score (nSPS) is 28.2. The van der Waals surface area contributed by atoms with Gasteiger partial charge in [0.2, 0.25) is 0 Å². The second-order valence-corrected chi connectivity index (χ2v) is 4.25. The fraction of sp³-hybridized carbons (Fsp3) is 0.714. The highest BCUT2D eigenvalue weighted by molar-refractivity contribution is 7.99. The minimum Gasteiger partial charge on any atom is -0.391 e. The number of thioether (sulfide) groups is 1. The Balaban J connectivity index is 2.01. The van der Waals surface area contributed by atoms with Gasteiger partial charge in [0.25, 0.3) is 0 Å². The maximum atomic E-state index is 9.54. The molecule has 1 saturated heterocycles. The van der Waals surface area contributed by atoms with Gasteiger partial charge in [0.1, 0.15) is 6.33 Å². The third kappa shape index (κ3) is 1.84. The molecule has 2 N–H and O–H groups in total. The van der Waals surface area contributed by atoms with Crippen LogP contribution in [0.25, 0.3) is 0 Å². The first-order valence-corrected chi connectivity index (χ1v) is 5.05. The van der Waals surface area contributed by atoms with E-state index in [1.165, 1.54) is 6.33 Å². The van der Waals surface area contributed by atoms with Crippen molar-refractivity contribution in [3.05, 3.63) is 6.33 Å². The maximum Gasteiger partial charge on any atom is 0.186 e. The summed E-state index contributed by atoms with van der Waals surface area (Å²) in [5.41, 5.74) is 0. The number of aliphatic hydroxyl groups excluding tert-OH is 1. The van der Waals surface area contributed by atoms with Crippen molar-refractivity contribution in [1.82, 2.24) is 20.1 Å². The van der Waals surface area contributed by atoms with Crippen molar-refractivity contribution >= 4 is 11.8 Å². The summed E-state index contributed by atoms with van der Waals surface area (Å²) < 4.78 is 1.72. The summed E-state index contributed by atoms with van der Waals surface area (Å²) in [4.78, 5) is 4.09. The molecule has 0 radical (unpaired) electrons. The molecule has 1 aromatic heterocycles. The molecule has 0 aliphatic carbocycles. The number of nitrogens with zero attached hydrogens (tertiary/aromatic N) is 3. The van der Waals surface area contributed by atoms with Crippen molar-refractivity contribution in [2.24, 2.45) is 7.05 Å². The molecule has 6 heteroatoms. The molecule has 13 heavy (non-hydrogen) atoms. The molecule has 2 heterocycles. The molecule has 2 atom stereocenters. The topological polar surface area (TPSA) is 63.0 Å². The number of aryl methyl sites for hydroxylation is 1. The lowest BCUT2D eigenvalue weighted by molar-refractivity contribution is 0.201. The van der Waals surface area contributed by atoms with E-state index in [1.807, 2.05) is 7.05 Å². The van der Waals surface area contributed by atoms with Crippen LogP contribution in [0, 0.1) is 0 Å². The standard InChI is InChI=1S/C7H12N4OS/c1-11-7(9-4-10-11)13-6-3-8-2-5(6)12/h4-6,8,12H,2-3H2,1H3. The Morgan fingerprint density at radius 1 is 1.69 bits per heavy atom. The van der Waals surface area contributed by atoms with Gasteiger partial charge in [0.15, 0.2) is 5.16 Å². The third-order valence-electron chi connectivity index (χ3n) is 2.05. The Labute approximate surface area is 80.5 Å². The number of aliphatic hydroxyl groups is 1. The lowest BCUT2D eigenvalue weighted by Crippen LogP contribution is -2.20. The monoisotopic (exact) mass is 200 g/mol. The van der Waals surface area contributed by atoms with Crippen LogP contribution in [-0.2, 0) is 7.05 Å². The fourth-order valence-corrected chi connectivity index (χ4v) is 2.32. The molecular weight excluding hydrogens is 188 g/mol. The average Bonchev–Trinajstić information content (AvgIpc) is 2.65. The number of nitrogens with one attached hydrogen (secondary N) is 1. The number of rotatable bonds is 2. The van der Waals surface area contributed by atoms with Gasteiger partial charge in [0, 0.05) is 20.1 Å². The molecule has 0 aromatic carbocycles. The smallest absolute Gasteiger partial charge is 0.186 e. The van der Waals surface area contributed by atoms with Gasteiger partial charge in [-0.2, -0.15) is 5.10 Å². The van der Waals surface area contributed by atoms with Gasteiger partial charge >= 0.3 is 0 Å². The Morgan fingerprint density at radius 2 is 2.54 bits per heavy atom. The van der Waals surface area contributed by atoms with Crippen molar-refractivity contribution in [3.63, 3.8) is 0 Å². The van der Waals surface area contributed by atoms with E-state index in [9.17, 15) is 5.11 Å². The Kier molecular flexibility index (Phi) is 2.52. The first kappa shape index (κ1) is 8.98. The van der Waals surface area contributed by atoms with Gasteiger partial charge in [-0.3, -0.25) is 0 Å². The zero-order chi connectivity index (χ0) is 9.26. The largest absolute Gasteiger partial charge is 0.391 e. The maximum absolute atomic E-state index is 9.54. The molecule has 2 unspecified atom stereocenters. The van der Waals surface area contributed by atoms with E-state index in [4.69, 9.17) is 0 Å². The van der Waals surface area contributed by atoms with E-state index in [0.29, 0.717) is 6.54 Å². The van der Waals surface area contributed by atoms with Gasteiger partial charge in [-0.25, -0.2) is 9.67 Å². The summed E-state index contributed by atoms with van der Waals surface area (Å²) in [7, 11) is 1.85. The Hall–Kier alpha value is -0.590. The highest BCUT2D eigenvalue weighted by Gasteiger charge is 2.26. The Morgan fingerprint density at radius 3 is 3.08 bits per heavy atom. The molecule has 72 valence electrons. The lowest BCUT2D eigenvalue weighted by atomic mass is 10.3. The summed E-state index contributed by atoms with van der Waals surface area (Å²) in [5.74, 6) is 0. The van der Waals surface area contributed by atoms with Crippen LogP contribution in [0.3, 0.4) is 0 Å². The molecule has 0 bridgehead atoms. The first-order chi connectivity index (χ1) is 6.27. The van der Waals surface area contributed by atoms with E-state index in [2.05, 4.69) is 15.4 Å². The van der Waals surface area contributed by atoms with Crippen LogP contribution in [0.15, 0.2) is 11.5 Å². The van der Waals surface area contributed by atoms with Gasteiger partial charge in [-0.1, -0.05) is 11.8 Å². The van der Waals surface area contributed by atoms with E-state index < -0.39 is 0 Å². The summed E-state index contributed by atoms with van der Waals surface area (Å²) in [6, 6.07) is 0. The number of hydrogen-bond acceptors (Lipinski definition) is 5. The van der Waals surface area contributed by atoms with E-state index >= 15 is 0 Å². The molecule has 0 spiro atoms. The van der Waals surface area contributed by atoms with Gasteiger partial charge in [-0.05, 0) is 0 Å². The molecule has 1 aliphatic rings. The SMILES string of the molecule is Cn1ncnc1SC1CNCC1O. The highest BCUT2D eigenvalue weighted by atomic mass is 32.2. The molecule has 2 rings (SSSR count). The van der Waals surface area contributed by atoms with Crippen LogP contribution in [-0.4, -0.2) is 44.3 Å². The van der Waals surface area contributed by atoms with Crippen molar-refractivity contribution in [1.29, 1.82) is 0 Å². The summed E-state index contributed by atoms with van der Waals surface area (Å²) >= 11 is 1.57. The average molecular weight is 200 g/mol. The van der Waals surface area contributed by atoms with Crippen molar-refractivity contribution in [2.75, 3.05) is 13.1 Å². The van der Waals surface area contributed by atoms with E-state index in [0.717, 1.165) is 11.7 Å². The Bertz CT molecular complexity index is 290. The first-order valence-electron chi connectivity index (χ1n) is 4.17. The quantitative estimate of drug-likeness (QED) is 0.657. The van der Waals surface area contributed by atoms with Crippen molar-refractivity contribution < 1.29 is 5.11 Å². The molecular formula is C7H12N4OS. The molecule has 0 saturated carbocycles. The fourth-order valence-electron chi connectivity index (χ4n) is 1.29. The predicted molar refractivity (Wildman–Crippen MR) is 49.5 cm³/mol. The second-order valence-electron chi connectivity index (χ2n) is 3.05. The van der Waals surface area contributed by atoms with E-state index in [1.54, 1.807) is 16.4 Å². The van der Waals surface area contributed by atoms with Crippen LogP contribution in [0.1, 0.15) is 0 Å². The minimum absolute atomic E-state index is 0.197. The summed E-state index contributed by atoms with van der Waals surface area (Å²) in [5, 5.41) is 17.7. The molecule has 0 amide bonds. The lowest BCUT2D eigenvalue weighted by Gasteiger charge is -2.10. The minimum atomic E-state index is -0.276. The summed E-state index contributed by atoms with van der Waals surface area (Å²) in [6.07, 6.45) is 1.25. The molecule has 1 aliphatic heterocycles. The zero-order valence-electron chi connectivity index (χ0n) is 7.34. The van der Waals surface area contributed by atoms with Crippen molar-refractivity contribution in [3.8, 4) is 0 Å². The number of β-amino-alcohol motifs (C(OH)–C–C–N with tert-alkyl or cyclic N) is 1. The molecule has 1 fully saturated rings. The highest BCUT2D eigenvalue weighted by Crippen LogP contribution is 2.24. The van der Waals surface area contributed by atoms with E-state index in [-0.39, 0.29) is 11.4 Å². The predicted octanol–water partition coefficient (Wildman–Crippen LogP) is -0.760. The van der Waals surface area contributed by atoms with Crippen molar-refractivity contribution in [2.45, 2.75) is 16.5 Å².